The number of benzene rings is 2. The summed E-state index contributed by atoms with van der Waals surface area (Å²) in [6, 6.07) is 16.3. The van der Waals surface area contributed by atoms with Crippen molar-refractivity contribution < 1.29 is 0 Å². The Kier molecular flexibility index (Phi) is 4.10. The van der Waals surface area contributed by atoms with E-state index in [1.807, 2.05) is 42.5 Å². The molecule has 0 fully saturated rings. The number of aromatic nitrogens is 1. The zero-order valence-electron chi connectivity index (χ0n) is 10.8. The normalized spacial score (nSPS) is 11.1. The van der Waals surface area contributed by atoms with Crippen molar-refractivity contribution in [3.8, 4) is 0 Å². The molecule has 0 unspecified atom stereocenters. The summed E-state index contributed by atoms with van der Waals surface area (Å²) in [5.41, 5.74) is 3.34. The van der Waals surface area contributed by atoms with E-state index in [2.05, 4.69) is 32.3 Å². The fourth-order valence-corrected chi connectivity index (χ4v) is 2.95. The van der Waals surface area contributed by atoms with Crippen LogP contribution in [-0.4, -0.2) is 4.98 Å². The van der Waals surface area contributed by atoms with Crippen LogP contribution in [0, 0.1) is 0 Å². The van der Waals surface area contributed by atoms with E-state index in [4.69, 9.17) is 11.6 Å². The first kappa shape index (κ1) is 13.7. The molecule has 0 atom stereocenters. The number of hydrogen-bond donors (Lipinski definition) is 2. The van der Waals surface area contributed by atoms with E-state index in [0.29, 0.717) is 0 Å². The summed E-state index contributed by atoms with van der Waals surface area (Å²) in [6.07, 6.45) is 0. The molecular formula is C16H14BrClN2. The quantitative estimate of drug-likeness (QED) is 0.690. The molecule has 0 aliphatic carbocycles. The first-order valence-corrected chi connectivity index (χ1v) is 7.62. The van der Waals surface area contributed by atoms with Crippen LogP contribution in [0.2, 0.25) is 5.02 Å². The molecule has 4 heteroatoms. The number of fused-ring (bicyclic) bond motifs is 1. The van der Waals surface area contributed by atoms with Gasteiger partial charge in [0.25, 0.3) is 0 Å². The molecular weight excluding hydrogens is 336 g/mol. The highest BCUT2D eigenvalue weighted by Gasteiger charge is 2.08. The number of rotatable bonds is 4. The second-order valence-electron chi connectivity index (χ2n) is 4.66. The molecule has 0 spiro atoms. The van der Waals surface area contributed by atoms with Crippen LogP contribution in [0.1, 0.15) is 11.3 Å². The maximum Gasteiger partial charge on any atom is 0.0705 e. The van der Waals surface area contributed by atoms with Gasteiger partial charge < -0.3 is 10.3 Å². The van der Waals surface area contributed by atoms with Crippen molar-refractivity contribution in [1.29, 1.82) is 0 Å². The van der Waals surface area contributed by atoms with E-state index in [1.165, 1.54) is 5.56 Å². The number of halogens is 2. The minimum absolute atomic E-state index is 0.717. The third-order valence-corrected chi connectivity index (χ3v) is 4.49. The van der Waals surface area contributed by atoms with Crippen molar-refractivity contribution >= 4 is 38.4 Å². The van der Waals surface area contributed by atoms with Gasteiger partial charge in [-0.15, -0.1) is 0 Å². The van der Waals surface area contributed by atoms with Crippen molar-refractivity contribution in [3.63, 3.8) is 0 Å². The predicted octanol–water partition coefficient (Wildman–Crippen LogP) is 4.87. The van der Waals surface area contributed by atoms with Gasteiger partial charge in [-0.3, -0.25) is 0 Å². The van der Waals surface area contributed by atoms with Gasteiger partial charge in [-0.05, 0) is 17.7 Å². The highest BCUT2D eigenvalue weighted by atomic mass is 79.9. The van der Waals surface area contributed by atoms with Crippen LogP contribution in [-0.2, 0) is 13.1 Å². The molecule has 3 aromatic rings. The summed E-state index contributed by atoms with van der Waals surface area (Å²) in [6.45, 7) is 1.52. The molecule has 20 heavy (non-hydrogen) atoms. The molecule has 0 radical (unpaired) electrons. The number of nitrogens with one attached hydrogen (secondary N) is 2. The van der Waals surface area contributed by atoms with E-state index in [-0.39, 0.29) is 0 Å². The van der Waals surface area contributed by atoms with Crippen LogP contribution in [0.25, 0.3) is 10.9 Å². The van der Waals surface area contributed by atoms with Crippen LogP contribution < -0.4 is 5.32 Å². The van der Waals surface area contributed by atoms with E-state index < -0.39 is 0 Å². The molecule has 0 aliphatic rings. The summed E-state index contributed by atoms with van der Waals surface area (Å²) in [7, 11) is 0. The van der Waals surface area contributed by atoms with Gasteiger partial charge in [0.05, 0.1) is 5.02 Å². The van der Waals surface area contributed by atoms with E-state index in [9.17, 15) is 0 Å². The molecule has 1 heterocycles. The van der Waals surface area contributed by atoms with Crippen LogP contribution >= 0.6 is 27.5 Å². The second kappa shape index (κ2) is 6.00. The van der Waals surface area contributed by atoms with Crippen LogP contribution in [0.5, 0.6) is 0 Å². The first-order valence-electron chi connectivity index (χ1n) is 6.45. The summed E-state index contributed by atoms with van der Waals surface area (Å²) in [5, 5.41) is 5.30. The zero-order valence-corrected chi connectivity index (χ0v) is 13.1. The number of para-hydroxylation sites is 1. The molecule has 102 valence electrons. The van der Waals surface area contributed by atoms with Gasteiger partial charge in [0.1, 0.15) is 0 Å². The Labute approximate surface area is 131 Å². The van der Waals surface area contributed by atoms with Crippen molar-refractivity contribution in [2.75, 3.05) is 0 Å². The second-order valence-corrected chi connectivity index (χ2v) is 5.89. The van der Waals surface area contributed by atoms with Crippen molar-refractivity contribution in [2.24, 2.45) is 0 Å². The lowest BCUT2D eigenvalue weighted by molar-refractivity contribution is 0.682. The molecule has 2 N–H and O–H groups in total. The van der Waals surface area contributed by atoms with Crippen molar-refractivity contribution in [1.82, 2.24) is 10.3 Å². The summed E-state index contributed by atoms with van der Waals surface area (Å²) in [5.74, 6) is 0. The van der Waals surface area contributed by atoms with Gasteiger partial charge in [0.2, 0.25) is 0 Å². The van der Waals surface area contributed by atoms with Crippen LogP contribution in [0.4, 0.5) is 0 Å². The average molecular weight is 350 g/mol. The van der Waals surface area contributed by atoms with Crippen LogP contribution in [0.15, 0.2) is 53.0 Å². The summed E-state index contributed by atoms with van der Waals surface area (Å²) >= 11 is 9.94. The lowest BCUT2D eigenvalue weighted by atomic mass is 10.2. The monoisotopic (exact) mass is 348 g/mol. The highest BCUT2D eigenvalue weighted by Crippen LogP contribution is 2.27. The molecule has 0 aliphatic heterocycles. The lowest BCUT2D eigenvalue weighted by Crippen LogP contribution is -2.13. The molecule has 2 nitrogen and oxygen atoms in total. The fraction of sp³-hybridized carbons (Fsp3) is 0.125. The molecule has 0 bridgehead atoms. The van der Waals surface area contributed by atoms with Gasteiger partial charge in [-0.1, -0.05) is 63.9 Å². The van der Waals surface area contributed by atoms with E-state index >= 15 is 0 Å². The van der Waals surface area contributed by atoms with Gasteiger partial charge in [0, 0.05) is 34.2 Å². The Morgan fingerprint density at radius 1 is 1.00 bits per heavy atom. The van der Waals surface area contributed by atoms with Crippen molar-refractivity contribution in [2.45, 2.75) is 13.1 Å². The third-order valence-electron chi connectivity index (χ3n) is 3.29. The Morgan fingerprint density at radius 3 is 2.55 bits per heavy atom. The van der Waals surface area contributed by atoms with Gasteiger partial charge in [-0.2, -0.15) is 0 Å². The molecule has 0 amide bonds. The topological polar surface area (TPSA) is 27.8 Å². The predicted molar refractivity (Wildman–Crippen MR) is 88.0 cm³/mol. The highest BCUT2D eigenvalue weighted by molar-refractivity contribution is 9.10. The van der Waals surface area contributed by atoms with E-state index in [0.717, 1.165) is 39.2 Å². The minimum Gasteiger partial charge on any atom is -0.356 e. The van der Waals surface area contributed by atoms with Gasteiger partial charge in [-0.25, -0.2) is 0 Å². The van der Waals surface area contributed by atoms with Gasteiger partial charge >= 0.3 is 0 Å². The average Bonchev–Trinajstić information content (AvgIpc) is 2.78. The van der Waals surface area contributed by atoms with Crippen molar-refractivity contribution in [3.05, 3.63) is 69.3 Å². The molecule has 3 rings (SSSR count). The fourth-order valence-electron chi connectivity index (χ4n) is 2.25. The summed E-state index contributed by atoms with van der Waals surface area (Å²) < 4.78 is 1.12. The SMILES string of the molecule is Clc1c(CNCc2ccccc2Br)[nH]c2ccccc12. The maximum atomic E-state index is 6.39. The van der Waals surface area contributed by atoms with Crippen LogP contribution in [0.3, 0.4) is 0 Å². The smallest absolute Gasteiger partial charge is 0.0705 e. The number of H-pyrrole nitrogens is 1. The zero-order chi connectivity index (χ0) is 13.9. The molecule has 2 aromatic carbocycles. The molecule has 0 saturated heterocycles. The Bertz CT molecular complexity index is 736. The Hall–Kier alpha value is -1.29. The number of hydrogen-bond acceptors (Lipinski definition) is 1. The lowest BCUT2D eigenvalue weighted by Gasteiger charge is -2.06. The largest absolute Gasteiger partial charge is 0.356 e. The van der Waals surface area contributed by atoms with E-state index in [1.54, 1.807) is 0 Å². The summed E-state index contributed by atoms with van der Waals surface area (Å²) in [4.78, 5) is 3.36. The third kappa shape index (κ3) is 2.75. The molecule has 0 saturated carbocycles. The first-order chi connectivity index (χ1) is 9.75. The minimum atomic E-state index is 0.717. The Morgan fingerprint density at radius 2 is 1.75 bits per heavy atom. The maximum absolute atomic E-state index is 6.39. The standard InChI is InChI=1S/C16H14BrClN2/c17-13-7-3-1-5-11(13)9-19-10-15-16(18)12-6-2-4-8-14(12)20-15/h1-8,19-20H,9-10H2. The molecule has 1 aromatic heterocycles. The van der Waals surface area contributed by atoms with Gasteiger partial charge in [0.15, 0.2) is 0 Å². The Balaban J connectivity index is 1.71. The number of aromatic amines is 1.